The molecule has 0 aliphatic heterocycles. The highest BCUT2D eigenvalue weighted by molar-refractivity contribution is 6.02. The molecule has 0 bridgehead atoms. The number of aromatic nitrogens is 2. The van der Waals surface area contributed by atoms with E-state index in [9.17, 15) is 19.5 Å². The number of carbonyl (C=O) groups excluding carboxylic acids is 2. The van der Waals surface area contributed by atoms with Crippen LogP contribution in [0.3, 0.4) is 0 Å². The molecule has 3 aromatic rings. The van der Waals surface area contributed by atoms with E-state index in [1.807, 2.05) is 37.3 Å². The fourth-order valence-electron chi connectivity index (χ4n) is 3.36. The zero-order chi connectivity index (χ0) is 22.2. The molecule has 2 aromatic carbocycles. The van der Waals surface area contributed by atoms with Crippen LogP contribution in [0.2, 0.25) is 0 Å². The highest BCUT2D eigenvalue weighted by atomic mass is 16.5. The Labute approximate surface area is 179 Å². The number of hydrogen-bond donors (Lipinski definition) is 2. The van der Waals surface area contributed by atoms with Crippen molar-refractivity contribution in [2.45, 2.75) is 32.4 Å². The molecule has 2 N–H and O–H groups in total. The maximum absolute atomic E-state index is 12.7. The molecule has 31 heavy (non-hydrogen) atoms. The molecule has 1 amide bonds. The van der Waals surface area contributed by atoms with E-state index >= 15 is 0 Å². The molecule has 0 aliphatic rings. The second-order valence-corrected chi connectivity index (χ2v) is 7.04. The van der Waals surface area contributed by atoms with E-state index in [-0.39, 0.29) is 30.3 Å². The van der Waals surface area contributed by atoms with Crippen LogP contribution in [0.15, 0.2) is 59.4 Å². The van der Waals surface area contributed by atoms with Crippen LogP contribution in [0.5, 0.6) is 0 Å². The average molecular weight is 423 g/mol. The molecular formula is C23H25N3O5. The summed E-state index contributed by atoms with van der Waals surface area (Å²) in [6, 6.07) is 15.9. The second kappa shape index (κ2) is 10.5. The number of fused-ring (bicyclic) bond motifs is 1. The van der Waals surface area contributed by atoms with Crippen LogP contribution in [0, 0.1) is 0 Å². The number of ether oxygens (including phenoxy) is 1. The number of hydrogen-bond acceptors (Lipinski definition) is 6. The first-order valence-corrected chi connectivity index (χ1v) is 10.2. The highest BCUT2D eigenvalue weighted by Crippen LogP contribution is 2.18. The zero-order valence-corrected chi connectivity index (χ0v) is 17.3. The van der Waals surface area contributed by atoms with Gasteiger partial charge in [-0.05, 0) is 18.1 Å². The molecule has 0 spiro atoms. The number of carbonyl (C=O) groups is 2. The van der Waals surface area contributed by atoms with Gasteiger partial charge < -0.3 is 15.2 Å². The van der Waals surface area contributed by atoms with Crippen molar-refractivity contribution in [3.8, 4) is 0 Å². The van der Waals surface area contributed by atoms with Gasteiger partial charge in [0.2, 0.25) is 0 Å². The normalized spacial score (nSPS) is 11.8. The van der Waals surface area contributed by atoms with E-state index in [2.05, 4.69) is 10.4 Å². The van der Waals surface area contributed by atoms with Crippen LogP contribution in [0.1, 0.15) is 41.9 Å². The fraction of sp³-hybridized carbons (Fsp3) is 0.304. The lowest BCUT2D eigenvalue weighted by Gasteiger charge is -2.18. The number of esters is 1. The minimum absolute atomic E-state index is 0.0554. The van der Waals surface area contributed by atoms with E-state index in [0.29, 0.717) is 5.39 Å². The van der Waals surface area contributed by atoms with Crippen LogP contribution < -0.4 is 10.9 Å². The van der Waals surface area contributed by atoms with E-state index in [1.54, 1.807) is 24.3 Å². The number of nitrogens with one attached hydrogen (secondary N) is 1. The van der Waals surface area contributed by atoms with Crippen molar-refractivity contribution < 1.29 is 19.4 Å². The van der Waals surface area contributed by atoms with Crippen LogP contribution >= 0.6 is 0 Å². The first-order chi connectivity index (χ1) is 15.0. The molecule has 0 radical (unpaired) electrons. The molecule has 0 saturated heterocycles. The maximum atomic E-state index is 12.7. The molecule has 0 fully saturated rings. The van der Waals surface area contributed by atoms with Gasteiger partial charge in [0, 0.05) is 5.39 Å². The third-order valence-corrected chi connectivity index (χ3v) is 4.82. The minimum atomic E-state index is -0.815. The Balaban J connectivity index is 1.74. The number of benzene rings is 2. The van der Waals surface area contributed by atoms with Crippen LogP contribution in [0.25, 0.3) is 10.8 Å². The predicted octanol–water partition coefficient (Wildman–Crippen LogP) is 2.20. The summed E-state index contributed by atoms with van der Waals surface area (Å²) in [6.07, 6.45) is 1.63. The van der Waals surface area contributed by atoms with Gasteiger partial charge in [0.05, 0.1) is 24.6 Å². The molecule has 3 rings (SSSR count). The topological polar surface area (TPSA) is 111 Å². The summed E-state index contributed by atoms with van der Waals surface area (Å²) in [5, 5.41) is 16.7. The van der Waals surface area contributed by atoms with Crippen molar-refractivity contribution in [1.82, 2.24) is 15.1 Å². The minimum Gasteiger partial charge on any atom is -0.451 e. The summed E-state index contributed by atoms with van der Waals surface area (Å²) in [6.45, 7) is 1.20. The molecule has 8 heteroatoms. The lowest BCUT2D eigenvalue weighted by molar-refractivity contribution is -0.125. The van der Waals surface area contributed by atoms with E-state index in [0.717, 1.165) is 23.1 Å². The van der Waals surface area contributed by atoms with Crippen molar-refractivity contribution in [3.63, 3.8) is 0 Å². The first-order valence-electron chi connectivity index (χ1n) is 10.2. The summed E-state index contributed by atoms with van der Waals surface area (Å²) < 4.78 is 6.21. The molecule has 0 unspecified atom stereocenters. The van der Waals surface area contributed by atoms with Crippen molar-refractivity contribution >= 4 is 22.6 Å². The number of nitrogens with zero attached hydrogens (tertiary/aromatic N) is 2. The summed E-state index contributed by atoms with van der Waals surface area (Å²) in [7, 11) is 0. The highest BCUT2D eigenvalue weighted by Gasteiger charge is 2.20. The summed E-state index contributed by atoms with van der Waals surface area (Å²) >= 11 is 0. The Hall–Kier alpha value is -3.52. The largest absolute Gasteiger partial charge is 0.451 e. The van der Waals surface area contributed by atoms with Crippen molar-refractivity contribution in [3.05, 3.63) is 76.2 Å². The van der Waals surface area contributed by atoms with Gasteiger partial charge in [0.25, 0.3) is 11.5 Å². The summed E-state index contributed by atoms with van der Waals surface area (Å²) in [5.74, 6) is -1.24. The van der Waals surface area contributed by atoms with Gasteiger partial charge in [-0.25, -0.2) is 9.48 Å². The quantitative estimate of drug-likeness (QED) is 0.511. The molecule has 1 atom stereocenters. The van der Waals surface area contributed by atoms with Crippen LogP contribution in [0.4, 0.5) is 0 Å². The third-order valence-electron chi connectivity index (χ3n) is 4.82. The number of aliphatic hydroxyl groups is 1. The monoisotopic (exact) mass is 423 g/mol. The molecule has 1 heterocycles. The second-order valence-electron chi connectivity index (χ2n) is 7.04. The van der Waals surface area contributed by atoms with Crippen molar-refractivity contribution in [2.75, 3.05) is 13.2 Å². The third kappa shape index (κ3) is 5.35. The number of aliphatic hydroxyl groups excluding tert-OH is 1. The van der Waals surface area contributed by atoms with Crippen molar-refractivity contribution in [2.24, 2.45) is 0 Å². The zero-order valence-electron chi connectivity index (χ0n) is 17.3. The molecule has 8 nitrogen and oxygen atoms in total. The SMILES string of the molecule is CCC[C@H](NC(=O)COC(=O)c1nn(CCO)c(=O)c2ccccc12)c1ccccc1. The van der Waals surface area contributed by atoms with Gasteiger partial charge in [-0.2, -0.15) is 5.10 Å². The van der Waals surface area contributed by atoms with E-state index in [4.69, 9.17) is 4.74 Å². The lowest BCUT2D eigenvalue weighted by Crippen LogP contribution is -2.33. The standard InChI is InChI=1S/C23H25N3O5/c1-2-8-19(16-9-4-3-5-10-16)24-20(28)15-31-23(30)21-17-11-6-7-12-18(17)22(29)26(25-21)13-14-27/h3-7,9-12,19,27H,2,8,13-15H2,1H3,(H,24,28)/t19-/m0/s1. The van der Waals surface area contributed by atoms with E-state index < -0.39 is 24.0 Å². The van der Waals surface area contributed by atoms with Gasteiger partial charge in [-0.3, -0.25) is 9.59 Å². The Kier molecular flexibility index (Phi) is 7.50. The fourth-order valence-corrected chi connectivity index (χ4v) is 3.36. The predicted molar refractivity (Wildman–Crippen MR) is 116 cm³/mol. The Morgan fingerprint density at radius 3 is 2.45 bits per heavy atom. The van der Waals surface area contributed by atoms with Gasteiger partial charge >= 0.3 is 5.97 Å². The smallest absolute Gasteiger partial charge is 0.359 e. The number of rotatable bonds is 9. The molecular weight excluding hydrogens is 398 g/mol. The summed E-state index contributed by atoms with van der Waals surface area (Å²) in [4.78, 5) is 37.5. The molecule has 162 valence electrons. The van der Waals surface area contributed by atoms with Crippen LogP contribution in [-0.2, 0) is 16.1 Å². The Morgan fingerprint density at radius 1 is 1.10 bits per heavy atom. The van der Waals surface area contributed by atoms with Gasteiger partial charge in [0.15, 0.2) is 12.3 Å². The molecule has 1 aromatic heterocycles. The van der Waals surface area contributed by atoms with Crippen LogP contribution in [-0.4, -0.2) is 40.0 Å². The van der Waals surface area contributed by atoms with E-state index in [1.165, 1.54) is 0 Å². The van der Waals surface area contributed by atoms with Gasteiger partial charge in [-0.15, -0.1) is 0 Å². The average Bonchev–Trinajstić information content (AvgIpc) is 2.80. The number of amides is 1. The maximum Gasteiger partial charge on any atom is 0.359 e. The van der Waals surface area contributed by atoms with Crippen molar-refractivity contribution in [1.29, 1.82) is 0 Å². The Bertz CT molecular complexity index is 1110. The summed E-state index contributed by atoms with van der Waals surface area (Å²) in [5.41, 5.74) is 0.488. The van der Waals surface area contributed by atoms with Gasteiger partial charge in [0.1, 0.15) is 0 Å². The molecule has 0 saturated carbocycles. The molecule has 0 aliphatic carbocycles. The Morgan fingerprint density at radius 2 is 1.77 bits per heavy atom. The first kappa shape index (κ1) is 22.2. The van der Waals surface area contributed by atoms with Gasteiger partial charge in [-0.1, -0.05) is 61.9 Å². The lowest BCUT2D eigenvalue weighted by atomic mass is 10.0.